The van der Waals surface area contributed by atoms with E-state index < -0.39 is 0 Å². The Hall–Kier alpha value is -3.72. The van der Waals surface area contributed by atoms with Gasteiger partial charge in [-0.2, -0.15) is 12.1 Å². The van der Waals surface area contributed by atoms with Gasteiger partial charge in [0.2, 0.25) is 0 Å². The number of fused-ring (bicyclic) bond motifs is 2. The molecule has 0 nitrogen and oxygen atoms in total. The second-order valence-electron chi connectivity index (χ2n) is 10.3. The molecule has 0 aromatic heterocycles. The van der Waals surface area contributed by atoms with Crippen molar-refractivity contribution < 1.29 is 32.7 Å². The number of benzene rings is 5. The van der Waals surface area contributed by atoms with Crippen molar-refractivity contribution in [2.75, 3.05) is 0 Å². The molecular weight excluding hydrogens is 626 g/mol. The van der Waals surface area contributed by atoms with Gasteiger partial charge in [-0.3, -0.25) is 0 Å². The van der Waals surface area contributed by atoms with E-state index in [0.717, 1.165) is 0 Å². The molecule has 0 amide bonds. The van der Waals surface area contributed by atoms with Crippen molar-refractivity contribution in [2.45, 2.75) is 19.9 Å². The summed E-state index contributed by atoms with van der Waals surface area (Å²) < 4.78 is 0. The van der Waals surface area contributed by atoms with Crippen molar-refractivity contribution in [2.24, 2.45) is 0 Å². The van der Waals surface area contributed by atoms with Crippen molar-refractivity contribution >= 4 is 27.7 Å². The zero-order chi connectivity index (χ0) is 28.4. The van der Waals surface area contributed by atoms with E-state index in [2.05, 4.69) is 166 Å². The van der Waals surface area contributed by atoms with Crippen LogP contribution in [0.15, 0.2) is 152 Å². The van der Waals surface area contributed by atoms with Gasteiger partial charge in [0.15, 0.2) is 0 Å². The summed E-state index contributed by atoms with van der Waals surface area (Å²) >= 11 is 1.72. The molecule has 0 fully saturated rings. The van der Waals surface area contributed by atoms with Gasteiger partial charge >= 0.3 is 71.4 Å². The first kappa shape index (κ1) is 33.8. The minimum atomic E-state index is 0. The van der Waals surface area contributed by atoms with Crippen LogP contribution in [0.1, 0.15) is 16.7 Å². The molecule has 0 heterocycles. The van der Waals surface area contributed by atoms with E-state index in [1.54, 1.807) is 23.3 Å². The van der Waals surface area contributed by atoms with E-state index in [-0.39, 0.29) is 9.41 Å². The Morgan fingerprint density at radius 3 is 1.30 bits per heavy atom. The molecule has 0 saturated heterocycles. The molecule has 7 rings (SSSR count). The molecule has 7 aromatic carbocycles. The summed E-state index contributed by atoms with van der Waals surface area (Å²) in [4.78, 5) is 0. The van der Waals surface area contributed by atoms with Gasteiger partial charge in [0.05, 0.1) is 0 Å². The van der Waals surface area contributed by atoms with Crippen LogP contribution >= 0.6 is 0 Å². The maximum absolute atomic E-state index is 2.26. The molecular formula is C39H34F2SiZr-2. The summed E-state index contributed by atoms with van der Waals surface area (Å²) in [7, 11) is 0. The van der Waals surface area contributed by atoms with E-state index >= 15 is 0 Å². The predicted molar refractivity (Wildman–Crippen MR) is 177 cm³/mol. The van der Waals surface area contributed by atoms with Gasteiger partial charge in [-0.15, -0.1) is 69.1 Å². The first-order chi connectivity index (χ1) is 20.1. The molecule has 43 heavy (non-hydrogen) atoms. The Balaban J connectivity index is 0.000000180. The number of hydrogen-bond donors (Lipinski definition) is 0. The third kappa shape index (κ3) is 8.89. The summed E-state index contributed by atoms with van der Waals surface area (Å²) in [6.45, 7) is 4.30. The monoisotopic (exact) mass is 658 g/mol. The Morgan fingerprint density at radius 2 is 0.907 bits per heavy atom. The molecule has 0 bridgehead atoms. The van der Waals surface area contributed by atoms with E-state index in [9.17, 15) is 0 Å². The minimum absolute atomic E-state index is 0. The van der Waals surface area contributed by atoms with Crippen LogP contribution in [0.4, 0.5) is 0 Å². The SMILES string of the molecule is Cc1cc2c(-c3ccccc3)cccc2[cH-]1.Cc1cc2c(-c3ccccc3)cccc2[cH-]1.[F-].[F-].[Zr+2]=[SiH]Cc1ccccc1. The molecule has 0 radical (unpaired) electrons. The van der Waals surface area contributed by atoms with E-state index in [1.165, 1.54) is 66.5 Å². The third-order valence-corrected chi connectivity index (χ3v) is 9.32. The Kier molecular flexibility index (Phi) is 13.2. The van der Waals surface area contributed by atoms with Gasteiger partial charge in [0, 0.05) is 0 Å². The fourth-order valence-corrected chi connectivity index (χ4v) is 7.49. The molecule has 0 aliphatic rings. The summed E-state index contributed by atoms with van der Waals surface area (Å²) in [5.74, 6) is 0. The summed E-state index contributed by atoms with van der Waals surface area (Å²) in [5.41, 5.74) is 9.40. The van der Waals surface area contributed by atoms with Crippen LogP contribution in [-0.2, 0) is 29.4 Å². The average molecular weight is 660 g/mol. The van der Waals surface area contributed by atoms with Crippen molar-refractivity contribution in [3.8, 4) is 22.3 Å². The van der Waals surface area contributed by atoms with Crippen molar-refractivity contribution in [3.05, 3.63) is 168 Å². The van der Waals surface area contributed by atoms with E-state index in [0.29, 0.717) is 6.16 Å². The number of halogens is 2. The summed E-state index contributed by atoms with van der Waals surface area (Å²) in [6.07, 6.45) is 0.715. The molecule has 4 heteroatoms. The second kappa shape index (κ2) is 16.8. The second-order valence-corrected chi connectivity index (χ2v) is 14.1. The quantitative estimate of drug-likeness (QED) is 0.197. The van der Waals surface area contributed by atoms with Crippen LogP contribution in [0, 0.1) is 13.8 Å². The topological polar surface area (TPSA) is 0 Å². The van der Waals surface area contributed by atoms with E-state index in [1.807, 2.05) is 0 Å². The molecule has 0 spiro atoms. The van der Waals surface area contributed by atoms with Crippen molar-refractivity contribution in [3.63, 3.8) is 0 Å². The van der Waals surface area contributed by atoms with Crippen LogP contribution < -0.4 is 9.41 Å². The number of aryl methyl sites for hydroxylation is 2. The predicted octanol–water partition coefficient (Wildman–Crippen LogP) is 4.16. The zero-order valence-electron chi connectivity index (χ0n) is 24.5. The normalized spacial score (nSPS) is 9.95. The summed E-state index contributed by atoms with van der Waals surface area (Å²) in [5, 5.41) is 5.37. The average Bonchev–Trinajstić information content (AvgIpc) is 3.60. The van der Waals surface area contributed by atoms with Gasteiger partial charge in [-0.25, -0.2) is 0 Å². The fraction of sp³-hybridized carbons (Fsp3) is 0.0769. The molecule has 0 aliphatic carbocycles. The Bertz CT molecular complexity index is 1720. The van der Waals surface area contributed by atoms with Gasteiger partial charge in [-0.1, -0.05) is 97.8 Å². The van der Waals surface area contributed by atoms with Crippen LogP contribution in [0.2, 0.25) is 0 Å². The summed E-state index contributed by atoms with van der Waals surface area (Å²) in [6, 6.07) is 55.1. The molecule has 0 aliphatic heterocycles. The van der Waals surface area contributed by atoms with Crippen molar-refractivity contribution in [1.29, 1.82) is 0 Å². The van der Waals surface area contributed by atoms with Gasteiger partial charge in [0.25, 0.3) is 0 Å². The molecule has 7 aromatic rings. The standard InChI is InChI=1S/2C16H13.C7H8Si.2FH.Zr/c2*1-12-10-14-8-5-9-15(16(14)11-12)13-6-3-2-4-7-13;8-6-7-4-2-1-3-5-7;;;/h2*2-11H,1H3;1-5,8H,6H2;2*1H;/q2*-1;;;;+2/p-2. The number of rotatable bonds is 4. The van der Waals surface area contributed by atoms with Crippen LogP contribution in [0.3, 0.4) is 0 Å². The van der Waals surface area contributed by atoms with E-state index in [4.69, 9.17) is 0 Å². The van der Waals surface area contributed by atoms with Crippen LogP contribution in [0.5, 0.6) is 0 Å². The first-order valence-corrected chi connectivity index (χ1v) is 19.7. The van der Waals surface area contributed by atoms with Crippen LogP contribution in [-0.4, -0.2) is 6.16 Å². The fourth-order valence-electron chi connectivity index (χ4n) is 5.24. The molecule has 0 unspecified atom stereocenters. The van der Waals surface area contributed by atoms with Gasteiger partial charge < -0.3 is 9.41 Å². The maximum atomic E-state index is 2.26. The van der Waals surface area contributed by atoms with Gasteiger partial charge in [0.1, 0.15) is 0 Å². The Morgan fingerprint density at radius 1 is 0.512 bits per heavy atom. The third-order valence-electron chi connectivity index (χ3n) is 7.14. The van der Waals surface area contributed by atoms with Crippen LogP contribution in [0.25, 0.3) is 43.8 Å². The van der Waals surface area contributed by atoms with Crippen molar-refractivity contribution in [1.82, 2.24) is 0 Å². The first-order valence-electron chi connectivity index (χ1n) is 14.1. The number of hydrogen-bond acceptors (Lipinski definition) is 0. The Labute approximate surface area is 269 Å². The molecule has 0 saturated carbocycles. The zero-order valence-corrected chi connectivity index (χ0v) is 28.1. The molecule has 0 N–H and O–H groups in total. The molecule has 214 valence electrons. The molecule has 0 atom stereocenters. The van der Waals surface area contributed by atoms with Gasteiger partial charge in [-0.05, 0) is 11.1 Å².